The molecule has 8 nitrogen and oxygen atoms in total. The first-order valence-electron chi connectivity index (χ1n) is 11.9. The van der Waals surface area contributed by atoms with E-state index in [-0.39, 0.29) is 17.9 Å². The van der Waals surface area contributed by atoms with Crippen molar-refractivity contribution in [2.45, 2.75) is 12.6 Å². The fraction of sp³-hybridized carbons (Fsp3) is 0.286. The summed E-state index contributed by atoms with van der Waals surface area (Å²) < 4.78 is 7.88. The number of carbonyl (C=O) groups excluding carboxylic acids is 2. The van der Waals surface area contributed by atoms with Crippen molar-refractivity contribution in [1.29, 1.82) is 0 Å². The number of ether oxygens (including phenoxy) is 1. The number of aromatic amines is 1. The van der Waals surface area contributed by atoms with Crippen LogP contribution in [0.4, 0.5) is 5.69 Å². The molecule has 2 aromatic heterocycles. The molecule has 36 heavy (non-hydrogen) atoms. The molecule has 5 rings (SSSR count). The summed E-state index contributed by atoms with van der Waals surface area (Å²) in [5.41, 5.74) is 5.14. The predicted molar refractivity (Wildman–Crippen MR) is 144 cm³/mol. The third-order valence-electron chi connectivity index (χ3n) is 6.74. The van der Waals surface area contributed by atoms with E-state index in [0.717, 1.165) is 45.2 Å². The summed E-state index contributed by atoms with van der Waals surface area (Å²) in [5, 5.41) is 4.36. The number of rotatable bonds is 8. The van der Waals surface area contributed by atoms with Gasteiger partial charge in [-0.05, 0) is 38.4 Å². The lowest BCUT2D eigenvalue weighted by Crippen LogP contribution is -2.31. The number of H-pyrrole nitrogens is 1. The van der Waals surface area contributed by atoms with Gasteiger partial charge in [0.05, 0.1) is 23.8 Å². The maximum Gasteiger partial charge on any atom is 0.259 e. The molecule has 4 aromatic rings. The zero-order valence-corrected chi connectivity index (χ0v) is 21.3. The monoisotopic (exact) mass is 485 g/mol. The normalized spacial score (nSPS) is 14.9. The minimum Gasteiger partial charge on any atom is -0.378 e. The Bertz CT molecular complexity index is 1510. The smallest absolute Gasteiger partial charge is 0.259 e. The molecule has 8 heteroatoms. The molecule has 0 bridgehead atoms. The minimum atomic E-state index is -0.383. The van der Waals surface area contributed by atoms with Crippen molar-refractivity contribution in [3.63, 3.8) is 0 Å². The Kier molecular flexibility index (Phi) is 6.15. The maximum absolute atomic E-state index is 13.3. The molecule has 0 spiro atoms. The third-order valence-corrected chi connectivity index (χ3v) is 6.74. The van der Waals surface area contributed by atoms with E-state index in [9.17, 15) is 9.59 Å². The van der Waals surface area contributed by atoms with Crippen LogP contribution in [0.5, 0.6) is 0 Å². The van der Waals surface area contributed by atoms with Crippen LogP contribution in [0.25, 0.3) is 33.0 Å². The topological polar surface area (TPSA) is 82.6 Å². The molecule has 0 saturated heterocycles. The highest BCUT2D eigenvalue weighted by Gasteiger charge is 2.35. The lowest BCUT2D eigenvalue weighted by Gasteiger charge is -2.21. The molecule has 2 N–H and O–H groups in total. The standard InChI is InChI=1S/C28H31N5O3/c1-31(2)14-18(36-5)15-33-16-22(20-12-17(32(3)4)10-11-24(20)33)26-25(27(34)30-28(26)35)21-13-29-23-9-7-6-8-19(21)23/h6-13,16,18,29H,14-15H2,1-5H3,(H,30,34,35). The molecule has 2 amide bonds. The van der Waals surface area contributed by atoms with Gasteiger partial charge in [-0.25, -0.2) is 0 Å². The molecule has 1 unspecified atom stereocenters. The second-order valence-electron chi connectivity index (χ2n) is 9.69. The van der Waals surface area contributed by atoms with E-state index in [1.807, 2.05) is 63.6 Å². The molecule has 1 aliphatic rings. The first-order valence-corrected chi connectivity index (χ1v) is 11.9. The summed E-state index contributed by atoms with van der Waals surface area (Å²) in [6.45, 7) is 1.36. The lowest BCUT2D eigenvalue weighted by molar-refractivity contribution is -0.122. The number of hydrogen-bond acceptors (Lipinski definition) is 5. The summed E-state index contributed by atoms with van der Waals surface area (Å²) in [7, 11) is 9.71. The number of anilines is 1. The molecule has 1 atom stereocenters. The highest BCUT2D eigenvalue weighted by Crippen LogP contribution is 2.39. The Morgan fingerprint density at radius 3 is 2.36 bits per heavy atom. The number of hydrogen-bond donors (Lipinski definition) is 2. The van der Waals surface area contributed by atoms with Gasteiger partial charge in [0.2, 0.25) is 0 Å². The molecular weight excluding hydrogens is 454 g/mol. The Balaban J connectivity index is 1.75. The zero-order chi connectivity index (χ0) is 25.6. The summed E-state index contributed by atoms with van der Waals surface area (Å²) in [6.07, 6.45) is 3.74. The van der Waals surface area contributed by atoms with Crippen molar-refractivity contribution in [3.8, 4) is 0 Å². The van der Waals surface area contributed by atoms with Gasteiger partial charge in [0, 0.05) is 78.8 Å². The molecule has 0 saturated carbocycles. The van der Waals surface area contributed by atoms with Gasteiger partial charge in [0.1, 0.15) is 0 Å². The van der Waals surface area contributed by atoms with Crippen LogP contribution in [0.2, 0.25) is 0 Å². The van der Waals surface area contributed by atoms with E-state index < -0.39 is 0 Å². The Morgan fingerprint density at radius 2 is 1.67 bits per heavy atom. The van der Waals surface area contributed by atoms with E-state index in [0.29, 0.717) is 17.7 Å². The number of methoxy groups -OCH3 is 1. The number of aromatic nitrogens is 2. The molecule has 2 aromatic carbocycles. The van der Waals surface area contributed by atoms with E-state index in [1.54, 1.807) is 13.3 Å². The minimum absolute atomic E-state index is 0.0434. The van der Waals surface area contributed by atoms with Gasteiger partial charge in [0.15, 0.2) is 0 Å². The Labute approximate surface area is 210 Å². The number of fused-ring (bicyclic) bond motifs is 2. The van der Waals surface area contributed by atoms with E-state index in [4.69, 9.17) is 4.74 Å². The SMILES string of the molecule is COC(CN(C)C)Cn1cc(C2=C(c3c[nH]c4ccccc34)C(=O)NC2=O)c2cc(N(C)C)ccc21. The third kappa shape index (κ3) is 4.08. The molecule has 0 radical (unpaired) electrons. The number of amides is 2. The predicted octanol–water partition coefficient (Wildman–Crippen LogP) is 3.33. The number of carbonyl (C=O) groups is 2. The maximum atomic E-state index is 13.3. The number of nitrogens with zero attached hydrogens (tertiary/aromatic N) is 3. The van der Waals surface area contributed by atoms with Crippen molar-refractivity contribution in [2.75, 3.05) is 46.7 Å². The van der Waals surface area contributed by atoms with Crippen LogP contribution in [0.15, 0.2) is 54.9 Å². The van der Waals surface area contributed by atoms with Crippen LogP contribution in [0.3, 0.4) is 0 Å². The van der Waals surface area contributed by atoms with Crippen molar-refractivity contribution in [2.24, 2.45) is 0 Å². The number of benzene rings is 2. The number of imide groups is 1. The fourth-order valence-electron chi connectivity index (χ4n) is 4.99. The Morgan fingerprint density at radius 1 is 0.944 bits per heavy atom. The fourth-order valence-corrected chi connectivity index (χ4v) is 4.99. The summed E-state index contributed by atoms with van der Waals surface area (Å²) in [4.78, 5) is 33.7. The molecule has 0 fully saturated rings. The summed E-state index contributed by atoms with van der Waals surface area (Å²) in [6, 6.07) is 14.0. The van der Waals surface area contributed by atoms with Crippen LogP contribution in [-0.4, -0.2) is 74.2 Å². The van der Waals surface area contributed by atoms with Crippen molar-refractivity contribution in [1.82, 2.24) is 19.8 Å². The van der Waals surface area contributed by atoms with Gasteiger partial charge in [-0.1, -0.05) is 18.2 Å². The number of para-hydroxylation sites is 1. The van der Waals surface area contributed by atoms with Crippen molar-refractivity contribution in [3.05, 3.63) is 66.0 Å². The van der Waals surface area contributed by atoms with Crippen molar-refractivity contribution >= 4 is 50.5 Å². The molecule has 0 aliphatic carbocycles. The number of nitrogens with one attached hydrogen (secondary N) is 2. The van der Waals surface area contributed by atoms with E-state index in [1.165, 1.54) is 0 Å². The Hall–Kier alpha value is -3.88. The van der Waals surface area contributed by atoms with Crippen molar-refractivity contribution < 1.29 is 14.3 Å². The molecule has 186 valence electrons. The van der Waals surface area contributed by atoms with Gasteiger partial charge in [-0.3, -0.25) is 14.9 Å². The van der Waals surface area contributed by atoms with Crippen LogP contribution < -0.4 is 10.2 Å². The highest BCUT2D eigenvalue weighted by molar-refractivity contribution is 6.50. The first-order chi connectivity index (χ1) is 17.3. The lowest BCUT2D eigenvalue weighted by atomic mass is 9.95. The molecule has 1 aliphatic heterocycles. The zero-order valence-electron chi connectivity index (χ0n) is 21.3. The van der Waals surface area contributed by atoms with E-state index >= 15 is 0 Å². The summed E-state index contributed by atoms with van der Waals surface area (Å²) >= 11 is 0. The molecule has 3 heterocycles. The van der Waals surface area contributed by atoms with E-state index in [2.05, 4.69) is 38.0 Å². The van der Waals surface area contributed by atoms with Gasteiger partial charge in [0.25, 0.3) is 11.8 Å². The average Bonchev–Trinajstić information content (AvgIpc) is 3.50. The second kappa shape index (κ2) is 9.29. The van der Waals surface area contributed by atoms with Gasteiger partial charge in [-0.15, -0.1) is 0 Å². The summed E-state index contributed by atoms with van der Waals surface area (Å²) in [5.74, 6) is -0.766. The largest absolute Gasteiger partial charge is 0.378 e. The van der Waals surface area contributed by atoms with Crippen LogP contribution in [0, 0.1) is 0 Å². The van der Waals surface area contributed by atoms with Gasteiger partial charge < -0.3 is 24.1 Å². The molecular formula is C28H31N5O3. The van der Waals surface area contributed by atoms with Gasteiger partial charge >= 0.3 is 0 Å². The van der Waals surface area contributed by atoms with Crippen LogP contribution >= 0.6 is 0 Å². The van der Waals surface area contributed by atoms with Crippen LogP contribution in [0.1, 0.15) is 11.1 Å². The quantitative estimate of drug-likeness (QED) is 0.374. The van der Waals surface area contributed by atoms with Gasteiger partial charge in [-0.2, -0.15) is 0 Å². The highest BCUT2D eigenvalue weighted by atomic mass is 16.5. The second-order valence-corrected chi connectivity index (χ2v) is 9.69. The number of likely N-dealkylation sites (N-methyl/N-ethyl adjacent to an activating group) is 1. The first kappa shape index (κ1) is 23.8. The van der Waals surface area contributed by atoms with Crippen LogP contribution in [-0.2, 0) is 20.9 Å². The average molecular weight is 486 g/mol.